The second kappa shape index (κ2) is 10.2. The number of carbonyl (C=O) groups excluding carboxylic acids is 1. The average molecular weight is 351 g/mol. The topological polar surface area (TPSA) is 46.5 Å². The Hall–Kier alpha value is -1.68. The minimum absolute atomic E-state index is 0.0519. The molecule has 134 valence electrons. The van der Waals surface area contributed by atoms with Gasteiger partial charge < -0.3 is 9.84 Å². The number of ether oxygens (including phenoxy) is 1. The van der Waals surface area contributed by atoms with Gasteiger partial charge in [-0.2, -0.15) is 11.8 Å². The fraction of sp³-hybridized carbons (Fsp3) is 0.450. The van der Waals surface area contributed by atoms with E-state index in [-0.39, 0.29) is 17.0 Å². The standard InChI is InChI=1S/C15H18O3S.C5H12/c1-5-7-13-12(10(2)16)8-6-9-14(13)18-15(17)11(3)19-4;1-5(2,3)4/h5-9,11,16H,2H2,1,3-4H3;1-4H3/b7-5-;. The fourth-order valence-electron chi connectivity index (χ4n) is 1.51. The number of allylic oxidation sites excluding steroid dienone is 1. The molecule has 0 saturated heterocycles. The van der Waals surface area contributed by atoms with E-state index in [1.807, 2.05) is 19.3 Å². The molecule has 1 unspecified atom stereocenters. The van der Waals surface area contributed by atoms with E-state index in [4.69, 9.17) is 4.74 Å². The number of carbonyl (C=O) groups is 1. The molecule has 1 atom stereocenters. The van der Waals surface area contributed by atoms with E-state index < -0.39 is 0 Å². The molecule has 0 radical (unpaired) electrons. The summed E-state index contributed by atoms with van der Waals surface area (Å²) in [7, 11) is 0. The summed E-state index contributed by atoms with van der Waals surface area (Å²) in [5.74, 6) is 0.0690. The van der Waals surface area contributed by atoms with Gasteiger partial charge in [-0.05, 0) is 31.6 Å². The second-order valence-electron chi connectivity index (χ2n) is 6.96. The average Bonchev–Trinajstić information content (AvgIpc) is 2.46. The molecule has 1 N–H and O–H groups in total. The van der Waals surface area contributed by atoms with Crippen molar-refractivity contribution in [1.82, 2.24) is 0 Å². The zero-order valence-electron chi connectivity index (χ0n) is 15.8. The summed E-state index contributed by atoms with van der Waals surface area (Å²) in [6, 6.07) is 5.15. The summed E-state index contributed by atoms with van der Waals surface area (Å²) in [5.41, 5.74) is 1.71. The van der Waals surface area contributed by atoms with Crippen molar-refractivity contribution in [3.8, 4) is 5.75 Å². The molecule has 1 rings (SSSR count). The molecule has 24 heavy (non-hydrogen) atoms. The Morgan fingerprint density at radius 2 is 1.88 bits per heavy atom. The highest BCUT2D eigenvalue weighted by atomic mass is 32.2. The summed E-state index contributed by atoms with van der Waals surface area (Å²) in [4.78, 5) is 11.8. The van der Waals surface area contributed by atoms with E-state index in [1.165, 1.54) is 11.8 Å². The van der Waals surface area contributed by atoms with Gasteiger partial charge in [-0.3, -0.25) is 4.79 Å². The molecule has 0 saturated carbocycles. The lowest BCUT2D eigenvalue weighted by atomic mass is 10.0. The first-order valence-electron chi connectivity index (χ1n) is 7.89. The summed E-state index contributed by atoms with van der Waals surface area (Å²) >= 11 is 1.42. The van der Waals surface area contributed by atoms with Gasteiger partial charge in [-0.1, -0.05) is 58.6 Å². The highest BCUT2D eigenvalue weighted by Gasteiger charge is 2.17. The lowest BCUT2D eigenvalue weighted by molar-refractivity contribution is -0.133. The van der Waals surface area contributed by atoms with Crippen LogP contribution in [0, 0.1) is 5.41 Å². The molecule has 0 aliphatic heterocycles. The predicted molar refractivity (Wildman–Crippen MR) is 107 cm³/mol. The Morgan fingerprint density at radius 3 is 2.29 bits per heavy atom. The summed E-state index contributed by atoms with van der Waals surface area (Å²) in [6.45, 7) is 15.9. The van der Waals surface area contributed by atoms with Gasteiger partial charge in [-0.25, -0.2) is 0 Å². The molecule has 0 aliphatic carbocycles. The molecule has 0 fully saturated rings. The first kappa shape index (κ1) is 22.3. The van der Waals surface area contributed by atoms with Gasteiger partial charge in [-0.15, -0.1) is 0 Å². The van der Waals surface area contributed by atoms with Crippen LogP contribution in [0.4, 0.5) is 0 Å². The van der Waals surface area contributed by atoms with Crippen molar-refractivity contribution in [2.75, 3.05) is 6.26 Å². The van der Waals surface area contributed by atoms with Gasteiger partial charge in [0.1, 0.15) is 11.5 Å². The lowest BCUT2D eigenvalue weighted by Gasteiger charge is -2.13. The number of benzene rings is 1. The molecule has 0 aromatic heterocycles. The van der Waals surface area contributed by atoms with Crippen molar-refractivity contribution in [2.45, 2.75) is 46.8 Å². The normalized spacial score (nSPS) is 12.3. The van der Waals surface area contributed by atoms with E-state index in [0.717, 1.165) is 0 Å². The molecular formula is C20H30O3S. The largest absolute Gasteiger partial charge is 0.508 e. The third-order valence-electron chi connectivity index (χ3n) is 2.61. The van der Waals surface area contributed by atoms with E-state index >= 15 is 0 Å². The third-order valence-corrected chi connectivity index (χ3v) is 3.51. The van der Waals surface area contributed by atoms with Gasteiger partial charge in [0.15, 0.2) is 0 Å². The van der Waals surface area contributed by atoms with Crippen LogP contribution in [0.5, 0.6) is 5.75 Å². The van der Waals surface area contributed by atoms with Crippen LogP contribution in [0.25, 0.3) is 11.8 Å². The number of aliphatic hydroxyl groups is 1. The van der Waals surface area contributed by atoms with Crippen molar-refractivity contribution in [3.63, 3.8) is 0 Å². The van der Waals surface area contributed by atoms with Gasteiger partial charge in [0.2, 0.25) is 0 Å². The highest BCUT2D eigenvalue weighted by Crippen LogP contribution is 2.28. The van der Waals surface area contributed by atoms with Crippen molar-refractivity contribution in [2.24, 2.45) is 5.41 Å². The maximum atomic E-state index is 11.8. The van der Waals surface area contributed by atoms with Gasteiger partial charge in [0.05, 0.1) is 5.25 Å². The Labute approximate surface area is 150 Å². The van der Waals surface area contributed by atoms with E-state index in [2.05, 4.69) is 34.3 Å². The minimum Gasteiger partial charge on any atom is -0.508 e. The second-order valence-corrected chi connectivity index (χ2v) is 8.14. The van der Waals surface area contributed by atoms with Crippen LogP contribution in [-0.2, 0) is 4.79 Å². The Morgan fingerprint density at radius 1 is 1.33 bits per heavy atom. The monoisotopic (exact) mass is 350 g/mol. The summed E-state index contributed by atoms with van der Waals surface area (Å²) in [5, 5.41) is 9.34. The maximum absolute atomic E-state index is 11.8. The first-order chi connectivity index (χ1) is 11.0. The van der Waals surface area contributed by atoms with Crippen molar-refractivity contribution in [3.05, 3.63) is 42.0 Å². The third kappa shape index (κ3) is 8.82. The van der Waals surface area contributed by atoms with Crippen LogP contribution in [0.15, 0.2) is 30.9 Å². The van der Waals surface area contributed by atoms with E-state index in [0.29, 0.717) is 22.3 Å². The van der Waals surface area contributed by atoms with Gasteiger partial charge in [0.25, 0.3) is 0 Å². The highest BCUT2D eigenvalue weighted by molar-refractivity contribution is 7.99. The molecule has 0 aliphatic rings. The first-order valence-corrected chi connectivity index (χ1v) is 9.18. The lowest BCUT2D eigenvalue weighted by Crippen LogP contribution is -2.20. The van der Waals surface area contributed by atoms with Crippen LogP contribution in [0.2, 0.25) is 0 Å². The van der Waals surface area contributed by atoms with Gasteiger partial charge >= 0.3 is 5.97 Å². The fourth-order valence-corrected chi connectivity index (χ4v) is 1.75. The van der Waals surface area contributed by atoms with Crippen LogP contribution >= 0.6 is 11.8 Å². The number of aliphatic hydroxyl groups excluding tert-OH is 1. The summed E-state index contributed by atoms with van der Waals surface area (Å²) in [6.07, 6.45) is 5.45. The Bertz CT molecular complexity index is 577. The SMILES string of the molecule is C=C(O)c1cccc(OC(=O)C(C)SC)c1/C=C\C.CC(C)(C)C. The zero-order valence-corrected chi connectivity index (χ0v) is 16.7. The maximum Gasteiger partial charge on any atom is 0.324 e. The molecular weight excluding hydrogens is 320 g/mol. The van der Waals surface area contributed by atoms with Crippen LogP contribution in [0.3, 0.4) is 0 Å². The number of hydrogen-bond acceptors (Lipinski definition) is 4. The van der Waals surface area contributed by atoms with E-state index in [1.54, 1.807) is 31.2 Å². The molecule has 3 nitrogen and oxygen atoms in total. The van der Waals surface area contributed by atoms with E-state index in [9.17, 15) is 9.90 Å². The summed E-state index contributed by atoms with van der Waals surface area (Å²) < 4.78 is 5.38. The van der Waals surface area contributed by atoms with Crippen LogP contribution < -0.4 is 4.74 Å². The minimum atomic E-state index is -0.307. The van der Waals surface area contributed by atoms with Gasteiger partial charge in [0, 0.05) is 11.1 Å². The van der Waals surface area contributed by atoms with Crippen LogP contribution in [-0.4, -0.2) is 22.6 Å². The molecule has 4 heteroatoms. The predicted octanol–water partition coefficient (Wildman–Crippen LogP) is 5.96. The zero-order chi connectivity index (χ0) is 18.9. The number of esters is 1. The smallest absolute Gasteiger partial charge is 0.324 e. The van der Waals surface area contributed by atoms with Crippen LogP contribution in [0.1, 0.15) is 52.7 Å². The molecule has 1 aromatic carbocycles. The molecule has 0 bridgehead atoms. The molecule has 0 heterocycles. The molecule has 1 aromatic rings. The van der Waals surface area contributed by atoms with Crippen molar-refractivity contribution < 1.29 is 14.6 Å². The molecule has 0 amide bonds. The Balaban J connectivity index is 0.000000922. The number of rotatable bonds is 5. The number of hydrogen-bond donors (Lipinski definition) is 1. The quantitative estimate of drug-likeness (QED) is 0.404. The number of thioether (sulfide) groups is 1. The van der Waals surface area contributed by atoms with Crippen molar-refractivity contribution in [1.29, 1.82) is 0 Å². The molecule has 0 spiro atoms. The van der Waals surface area contributed by atoms with Crippen molar-refractivity contribution >= 4 is 29.6 Å². The Kier molecular flexibility index (Phi) is 9.52.